The molecule has 2 aromatic carbocycles. The van der Waals surface area contributed by atoms with Gasteiger partial charge in [-0.05, 0) is 30.3 Å². The molecule has 0 N–H and O–H groups in total. The molecule has 146 valence electrons. The van der Waals surface area contributed by atoms with Gasteiger partial charge in [-0.1, -0.05) is 0 Å². The van der Waals surface area contributed by atoms with Crippen LogP contribution in [0.25, 0.3) is 38.7 Å². The predicted octanol–water partition coefficient (Wildman–Crippen LogP) is 3.47. The van der Waals surface area contributed by atoms with Crippen LogP contribution in [-0.2, 0) is 7.05 Å². The molecule has 0 saturated carbocycles. The second-order valence-corrected chi connectivity index (χ2v) is 6.86. The van der Waals surface area contributed by atoms with Crippen molar-refractivity contribution >= 4 is 27.5 Å². The molecule has 7 nitrogen and oxygen atoms in total. The zero-order valence-corrected chi connectivity index (χ0v) is 16.5. The highest BCUT2D eigenvalue weighted by atomic mass is 16.5. The quantitative estimate of drug-likeness (QED) is 0.442. The number of hydrogen-bond donors (Lipinski definition) is 0. The Morgan fingerprint density at radius 2 is 1.66 bits per heavy atom. The van der Waals surface area contributed by atoms with E-state index < -0.39 is 0 Å². The van der Waals surface area contributed by atoms with E-state index in [-0.39, 0.29) is 5.56 Å². The fourth-order valence-corrected chi connectivity index (χ4v) is 3.98. The minimum atomic E-state index is -0.138. The lowest BCUT2D eigenvalue weighted by Gasteiger charge is -2.16. The maximum absolute atomic E-state index is 13.3. The molecule has 0 atom stereocenters. The molecule has 7 heteroatoms. The van der Waals surface area contributed by atoms with E-state index in [1.165, 1.54) is 0 Å². The van der Waals surface area contributed by atoms with Crippen LogP contribution in [0.5, 0.6) is 17.2 Å². The molecule has 0 unspecified atom stereocenters. The fourth-order valence-electron chi connectivity index (χ4n) is 3.98. The molecule has 0 amide bonds. The Hall–Kier alpha value is -3.74. The molecule has 0 aliphatic carbocycles. The van der Waals surface area contributed by atoms with Gasteiger partial charge in [0.25, 0.3) is 5.56 Å². The number of hydrogen-bond acceptors (Lipinski definition) is 5. The van der Waals surface area contributed by atoms with Crippen molar-refractivity contribution in [3.8, 4) is 28.5 Å². The van der Waals surface area contributed by atoms with Crippen LogP contribution < -0.4 is 19.8 Å². The molecule has 29 heavy (non-hydrogen) atoms. The second kappa shape index (κ2) is 6.13. The first-order valence-corrected chi connectivity index (χ1v) is 9.10. The molecule has 5 rings (SSSR count). The van der Waals surface area contributed by atoms with Gasteiger partial charge >= 0.3 is 0 Å². The lowest BCUT2D eigenvalue weighted by atomic mass is 10.1. The number of methoxy groups -OCH3 is 3. The van der Waals surface area contributed by atoms with Crippen LogP contribution >= 0.6 is 0 Å². The topological polar surface area (TPSA) is 67.0 Å². The summed E-state index contributed by atoms with van der Waals surface area (Å²) in [4.78, 5) is 18.1. The number of rotatable bonds is 3. The highest BCUT2D eigenvalue weighted by molar-refractivity contribution is 6.02. The maximum Gasteiger partial charge on any atom is 0.265 e. The number of nitrogens with zero attached hydrogens (tertiary/aromatic N) is 3. The van der Waals surface area contributed by atoms with Crippen molar-refractivity contribution in [2.45, 2.75) is 0 Å². The number of pyridine rings is 1. The van der Waals surface area contributed by atoms with Crippen molar-refractivity contribution in [3.63, 3.8) is 0 Å². The van der Waals surface area contributed by atoms with Crippen molar-refractivity contribution in [2.24, 2.45) is 7.05 Å². The van der Waals surface area contributed by atoms with Crippen molar-refractivity contribution in [3.05, 3.63) is 52.9 Å². The first kappa shape index (κ1) is 17.4. The lowest BCUT2D eigenvalue weighted by molar-refractivity contribution is 0.355. The van der Waals surface area contributed by atoms with Crippen molar-refractivity contribution < 1.29 is 14.2 Å². The molecule has 0 fully saturated rings. The normalized spacial score (nSPS) is 11.6. The van der Waals surface area contributed by atoms with Gasteiger partial charge in [-0.2, -0.15) is 0 Å². The van der Waals surface area contributed by atoms with Gasteiger partial charge in [0.05, 0.1) is 37.7 Å². The second-order valence-electron chi connectivity index (χ2n) is 6.86. The summed E-state index contributed by atoms with van der Waals surface area (Å²) in [7, 11) is 6.69. The Morgan fingerprint density at radius 3 is 2.38 bits per heavy atom. The highest BCUT2D eigenvalue weighted by Gasteiger charge is 2.21. The lowest BCUT2D eigenvalue weighted by Crippen LogP contribution is -2.19. The Bertz CT molecular complexity index is 1450. The number of aryl methyl sites for hydroxylation is 1. The van der Waals surface area contributed by atoms with Gasteiger partial charge in [0.1, 0.15) is 17.1 Å². The summed E-state index contributed by atoms with van der Waals surface area (Å²) in [5.41, 5.74) is 3.89. The van der Waals surface area contributed by atoms with Gasteiger partial charge < -0.3 is 18.8 Å². The molecule has 1 aromatic heterocycles. The summed E-state index contributed by atoms with van der Waals surface area (Å²) < 4.78 is 19.8. The largest absolute Gasteiger partial charge is 0.497 e. The van der Waals surface area contributed by atoms with E-state index in [9.17, 15) is 4.79 Å². The van der Waals surface area contributed by atoms with Crippen LogP contribution in [0.2, 0.25) is 0 Å². The smallest absolute Gasteiger partial charge is 0.265 e. The highest BCUT2D eigenvalue weighted by Crippen LogP contribution is 2.37. The molecule has 0 radical (unpaired) electrons. The van der Waals surface area contributed by atoms with E-state index in [0.29, 0.717) is 22.5 Å². The van der Waals surface area contributed by atoms with Crippen LogP contribution in [0.15, 0.2) is 47.4 Å². The molecule has 2 aliphatic rings. The molecule has 0 saturated heterocycles. The summed E-state index contributed by atoms with van der Waals surface area (Å²) >= 11 is 0. The number of benzene rings is 2. The molecular formula is C22H19N3O4. The van der Waals surface area contributed by atoms with E-state index in [1.54, 1.807) is 38.0 Å². The summed E-state index contributed by atoms with van der Waals surface area (Å²) in [5.74, 6) is 1.85. The van der Waals surface area contributed by atoms with Crippen molar-refractivity contribution in [1.82, 2.24) is 14.0 Å². The van der Waals surface area contributed by atoms with Crippen LogP contribution in [0.1, 0.15) is 0 Å². The SMILES string of the molecule is COc1ccc2nc3c4n(C)c5cc(OC)c(OC)cc5c(=O)n4ccc-3c2c1. The van der Waals surface area contributed by atoms with E-state index in [4.69, 9.17) is 19.2 Å². The summed E-state index contributed by atoms with van der Waals surface area (Å²) in [6.45, 7) is 0. The average Bonchev–Trinajstić information content (AvgIpc) is 3.13. The maximum atomic E-state index is 13.3. The average molecular weight is 389 g/mol. The number of aromatic nitrogens is 3. The van der Waals surface area contributed by atoms with Gasteiger partial charge in [-0.3, -0.25) is 9.20 Å². The first-order chi connectivity index (χ1) is 14.1. The third-order valence-electron chi connectivity index (χ3n) is 5.44. The molecular weight excluding hydrogens is 370 g/mol. The van der Waals surface area contributed by atoms with E-state index in [1.807, 2.05) is 41.9 Å². The zero-order valence-electron chi connectivity index (χ0n) is 16.5. The Labute approximate surface area is 166 Å². The van der Waals surface area contributed by atoms with Gasteiger partial charge in [-0.15, -0.1) is 0 Å². The third-order valence-corrected chi connectivity index (χ3v) is 5.44. The Kier molecular flexibility index (Phi) is 3.67. The molecule has 2 aliphatic heterocycles. The molecule has 3 aromatic rings. The van der Waals surface area contributed by atoms with Crippen LogP contribution in [-0.4, -0.2) is 35.3 Å². The van der Waals surface area contributed by atoms with Crippen molar-refractivity contribution in [1.29, 1.82) is 0 Å². The zero-order chi connectivity index (χ0) is 20.3. The first-order valence-electron chi connectivity index (χ1n) is 9.10. The number of ether oxygens (including phenoxy) is 3. The third kappa shape index (κ3) is 2.30. The minimum Gasteiger partial charge on any atom is -0.497 e. The van der Waals surface area contributed by atoms with Crippen molar-refractivity contribution in [2.75, 3.05) is 21.3 Å². The standard InChI is InChI=1S/C22H19N3O4/c1-24-17-11-19(29-4)18(28-3)10-15(17)22(26)25-8-7-13-14-9-12(27-2)5-6-16(14)23-20(13)21(24)25/h5-11H,1-4H3. The Morgan fingerprint density at radius 1 is 0.897 bits per heavy atom. The Balaban J connectivity index is 1.96. The van der Waals surface area contributed by atoms with Gasteiger partial charge in [-0.25, -0.2) is 4.98 Å². The predicted molar refractivity (Wildman–Crippen MR) is 112 cm³/mol. The van der Waals surface area contributed by atoms with Crippen LogP contribution in [0, 0.1) is 0 Å². The summed E-state index contributed by atoms with van der Waals surface area (Å²) in [6, 6.07) is 11.2. The summed E-state index contributed by atoms with van der Waals surface area (Å²) in [6.07, 6.45) is 1.79. The fraction of sp³-hybridized carbons (Fsp3) is 0.182. The summed E-state index contributed by atoms with van der Waals surface area (Å²) in [5, 5.41) is 1.53. The molecule has 0 bridgehead atoms. The van der Waals surface area contributed by atoms with Crippen LogP contribution in [0.4, 0.5) is 0 Å². The van der Waals surface area contributed by atoms with E-state index in [0.717, 1.165) is 33.4 Å². The monoisotopic (exact) mass is 389 g/mol. The van der Waals surface area contributed by atoms with Gasteiger partial charge in [0.2, 0.25) is 0 Å². The van der Waals surface area contributed by atoms with E-state index >= 15 is 0 Å². The minimum absolute atomic E-state index is 0.138. The van der Waals surface area contributed by atoms with Gasteiger partial charge in [0, 0.05) is 30.3 Å². The number of fused-ring (bicyclic) bond motifs is 6. The van der Waals surface area contributed by atoms with Crippen LogP contribution in [0.3, 0.4) is 0 Å². The molecule has 3 heterocycles. The molecule has 0 spiro atoms. The van der Waals surface area contributed by atoms with Gasteiger partial charge in [0.15, 0.2) is 11.5 Å². The van der Waals surface area contributed by atoms with E-state index in [2.05, 4.69) is 0 Å².